The monoisotopic (exact) mass is 407 g/mol. The molecule has 0 bridgehead atoms. The summed E-state index contributed by atoms with van der Waals surface area (Å²) in [7, 11) is 2.11. The molecule has 0 atom stereocenters. The lowest BCUT2D eigenvalue weighted by molar-refractivity contribution is -0.159. The molecule has 0 fully saturated rings. The van der Waals surface area contributed by atoms with Gasteiger partial charge in [0.25, 0.3) is 0 Å². The fraction of sp³-hybridized carbons (Fsp3) is 0.333. The van der Waals surface area contributed by atoms with Gasteiger partial charge in [-0.1, -0.05) is 36.0 Å². The first kappa shape index (κ1) is 21.5. The van der Waals surface area contributed by atoms with E-state index in [0.717, 1.165) is 41.7 Å². The van der Waals surface area contributed by atoms with Gasteiger partial charge < -0.3 is 19.8 Å². The number of rotatable bonds is 6. The predicted molar refractivity (Wildman–Crippen MR) is 102 cm³/mol. The van der Waals surface area contributed by atoms with Crippen LogP contribution in [0.5, 0.6) is 5.75 Å². The zero-order chi connectivity index (χ0) is 20.4. The van der Waals surface area contributed by atoms with Crippen LogP contribution in [-0.2, 0) is 9.59 Å². The summed E-state index contributed by atoms with van der Waals surface area (Å²) in [5.74, 6) is -1.96. The Morgan fingerprint density at radius 3 is 2.57 bits per heavy atom. The van der Waals surface area contributed by atoms with E-state index in [2.05, 4.69) is 28.3 Å². The molecular formula is C18H21N3O6S. The maximum atomic E-state index is 9.10. The summed E-state index contributed by atoms with van der Waals surface area (Å²) in [4.78, 5) is 20.5. The predicted octanol–water partition coefficient (Wildman–Crippen LogP) is 2.12. The van der Waals surface area contributed by atoms with Gasteiger partial charge in [0.05, 0.1) is 6.61 Å². The second-order valence-electron chi connectivity index (χ2n) is 5.79. The van der Waals surface area contributed by atoms with E-state index in [4.69, 9.17) is 29.2 Å². The zero-order valence-corrected chi connectivity index (χ0v) is 16.1. The Labute approximate surface area is 165 Å². The molecule has 0 spiro atoms. The second-order valence-corrected chi connectivity index (χ2v) is 6.88. The molecule has 1 aliphatic heterocycles. The molecule has 0 saturated heterocycles. The lowest BCUT2D eigenvalue weighted by atomic mass is 10.1. The van der Waals surface area contributed by atoms with Crippen LogP contribution in [0, 0.1) is 0 Å². The topological polar surface area (TPSA) is 126 Å². The van der Waals surface area contributed by atoms with Crippen LogP contribution in [0.15, 0.2) is 46.1 Å². The number of benzene rings is 1. The Balaban J connectivity index is 0.000000409. The summed E-state index contributed by atoms with van der Waals surface area (Å²) < 4.78 is 10.6. The SMILES string of the molecule is CN1CCC=C(c2nonc2SCCOc2ccccc2)C1.O=C(O)C(=O)O. The maximum absolute atomic E-state index is 9.10. The van der Waals surface area contributed by atoms with Gasteiger partial charge in [-0.15, -0.1) is 0 Å². The standard InChI is InChI=1S/C16H19N3O2S.C2H2O4/c1-19-9-5-6-13(12-19)15-16(18-21-17-15)22-11-10-20-14-7-3-2-4-8-14;3-1(4)2(5)6/h2-4,6-8H,5,9-12H2,1H3;(H,3,4)(H,5,6). The third kappa shape index (κ3) is 7.05. The molecule has 10 heteroatoms. The highest BCUT2D eigenvalue weighted by Crippen LogP contribution is 2.27. The molecule has 28 heavy (non-hydrogen) atoms. The van der Waals surface area contributed by atoms with E-state index in [1.807, 2.05) is 30.3 Å². The van der Waals surface area contributed by atoms with Crippen molar-refractivity contribution in [3.05, 3.63) is 42.1 Å². The number of ether oxygens (including phenoxy) is 1. The third-order valence-corrected chi connectivity index (χ3v) is 4.53. The number of aromatic nitrogens is 2. The number of aliphatic carboxylic acids is 2. The lowest BCUT2D eigenvalue weighted by Gasteiger charge is -2.21. The number of para-hydroxylation sites is 1. The first-order chi connectivity index (χ1) is 13.5. The number of nitrogens with zero attached hydrogens (tertiary/aromatic N) is 3. The highest BCUT2D eigenvalue weighted by atomic mass is 32.2. The van der Waals surface area contributed by atoms with E-state index in [1.54, 1.807) is 11.8 Å². The van der Waals surface area contributed by atoms with Crippen LogP contribution < -0.4 is 4.74 Å². The van der Waals surface area contributed by atoms with Gasteiger partial charge in [-0.3, -0.25) is 0 Å². The van der Waals surface area contributed by atoms with Gasteiger partial charge in [0.1, 0.15) is 11.4 Å². The van der Waals surface area contributed by atoms with Crippen molar-refractivity contribution >= 4 is 29.3 Å². The number of hydrogen-bond acceptors (Lipinski definition) is 8. The van der Waals surface area contributed by atoms with Crippen molar-refractivity contribution in [3.63, 3.8) is 0 Å². The van der Waals surface area contributed by atoms with Gasteiger partial charge in [0.15, 0.2) is 5.03 Å². The van der Waals surface area contributed by atoms with Crippen LogP contribution in [-0.4, -0.2) is 69.9 Å². The normalized spacial score (nSPS) is 13.8. The fourth-order valence-corrected chi connectivity index (χ4v) is 3.10. The molecule has 0 radical (unpaired) electrons. The molecule has 1 aromatic carbocycles. The van der Waals surface area contributed by atoms with Crippen LogP contribution in [0.1, 0.15) is 12.1 Å². The first-order valence-corrected chi connectivity index (χ1v) is 9.43. The second kappa shape index (κ2) is 11.1. The molecule has 0 unspecified atom stereocenters. The van der Waals surface area contributed by atoms with Crippen LogP contribution in [0.25, 0.3) is 5.57 Å². The molecule has 1 aromatic heterocycles. The van der Waals surface area contributed by atoms with Gasteiger partial charge in [0, 0.05) is 18.8 Å². The molecule has 2 heterocycles. The zero-order valence-electron chi connectivity index (χ0n) is 15.3. The minimum atomic E-state index is -1.82. The average Bonchev–Trinajstić information content (AvgIpc) is 3.15. The summed E-state index contributed by atoms with van der Waals surface area (Å²) in [5, 5.41) is 23.7. The fourth-order valence-electron chi connectivity index (χ4n) is 2.35. The minimum Gasteiger partial charge on any atom is -0.493 e. The Hall–Kier alpha value is -2.85. The molecule has 9 nitrogen and oxygen atoms in total. The molecule has 2 N–H and O–H groups in total. The summed E-state index contributed by atoms with van der Waals surface area (Å²) in [5.41, 5.74) is 2.07. The van der Waals surface area contributed by atoms with Gasteiger partial charge in [-0.2, -0.15) is 0 Å². The van der Waals surface area contributed by atoms with Gasteiger partial charge in [-0.05, 0) is 41.5 Å². The van der Waals surface area contributed by atoms with Gasteiger partial charge in [0.2, 0.25) is 0 Å². The van der Waals surface area contributed by atoms with Crippen molar-refractivity contribution in [2.75, 3.05) is 32.5 Å². The molecule has 0 aliphatic carbocycles. The van der Waals surface area contributed by atoms with E-state index in [-0.39, 0.29) is 0 Å². The number of carboxylic acids is 2. The molecule has 1 aliphatic rings. The van der Waals surface area contributed by atoms with E-state index < -0.39 is 11.9 Å². The van der Waals surface area contributed by atoms with Crippen LogP contribution in [0.3, 0.4) is 0 Å². The first-order valence-electron chi connectivity index (χ1n) is 8.44. The Morgan fingerprint density at radius 2 is 1.93 bits per heavy atom. The van der Waals surface area contributed by atoms with E-state index >= 15 is 0 Å². The van der Waals surface area contributed by atoms with Crippen molar-refractivity contribution in [2.24, 2.45) is 0 Å². The molecule has 3 rings (SSSR count). The molecule has 0 amide bonds. The molecule has 150 valence electrons. The number of carboxylic acid groups (broad SMARTS) is 2. The summed E-state index contributed by atoms with van der Waals surface area (Å²) >= 11 is 1.62. The lowest BCUT2D eigenvalue weighted by Crippen LogP contribution is -2.25. The molecular weight excluding hydrogens is 386 g/mol. The summed E-state index contributed by atoms with van der Waals surface area (Å²) in [6.07, 6.45) is 3.27. The van der Waals surface area contributed by atoms with Crippen LogP contribution >= 0.6 is 11.8 Å². The number of likely N-dealkylation sites (N-methyl/N-ethyl adjacent to an activating group) is 1. The highest BCUT2D eigenvalue weighted by molar-refractivity contribution is 7.99. The Morgan fingerprint density at radius 1 is 1.21 bits per heavy atom. The Kier molecular flexibility index (Phi) is 8.50. The van der Waals surface area contributed by atoms with Gasteiger partial charge >= 0.3 is 11.9 Å². The number of thioether (sulfide) groups is 1. The van der Waals surface area contributed by atoms with Crippen molar-refractivity contribution < 1.29 is 29.2 Å². The number of carbonyl (C=O) groups is 2. The van der Waals surface area contributed by atoms with Crippen LogP contribution in [0.4, 0.5) is 0 Å². The third-order valence-electron chi connectivity index (χ3n) is 3.62. The van der Waals surface area contributed by atoms with E-state index in [0.29, 0.717) is 6.61 Å². The summed E-state index contributed by atoms with van der Waals surface area (Å²) in [6.45, 7) is 2.60. The quantitative estimate of drug-likeness (QED) is 0.418. The van der Waals surface area contributed by atoms with E-state index in [9.17, 15) is 0 Å². The van der Waals surface area contributed by atoms with Crippen molar-refractivity contribution in [1.82, 2.24) is 15.2 Å². The maximum Gasteiger partial charge on any atom is 0.414 e. The van der Waals surface area contributed by atoms with Crippen LogP contribution in [0.2, 0.25) is 0 Å². The smallest absolute Gasteiger partial charge is 0.414 e. The Bertz CT molecular complexity index is 797. The average molecular weight is 407 g/mol. The largest absolute Gasteiger partial charge is 0.493 e. The number of hydrogen-bond donors (Lipinski definition) is 2. The van der Waals surface area contributed by atoms with Crippen molar-refractivity contribution in [2.45, 2.75) is 11.4 Å². The van der Waals surface area contributed by atoms with E-state index in [1.165, 1.54) is 5.57 Å². The molecule has 2 aromatic rings. The summed E-state index contributed by atoms with van der Waals surface area (Å²) in [6, 6.07) is 9.82. The highest BCUT2D eigenvalue weighted by Gasteiger charge is 2.18. The van der Waals surface area contributed by atoms with Crippen molar-refractivity contribution in [3.8, 4) is 5.75 Å². The van der Waals surface area contributed by atoms with Crippen molar-refractivity contribution in [1.29, 1.82) is 0 Å². The minimum absolute atomic E-state index is 0.625. The van der Waals surface area contributed by atoms with Gasteiger partial charge in [-0.25, -0.2) is 14.2 Å². The molecule has 0 saturated carbocycles.